The Labute approximate surface area is 76.3 Å². The fourth-order valence-electron chi connectivity index (χ4n) is 1.58. The number of hydrogen-bond donors (Lipinski definition) is 1. The van der Waals surface area contributed by atoms with Crippen LogP contribution in [0.5, 0.6) is 0 Å². The van der Waals surface area contributed by atoms with E-state index in [9.17, 15) is 0 Å². The van der Waals surface area contributed by atoms with E-state index in [1.54, 1.807) is 0 Å². The van der Waals surface area contributed by atoms with Crippen molar-refractivity contribution >= 4 is 0 Å². The van der Waals surface area contributed by atoms with Gasteiger partial charge in [0, 0.05) is 25.2 Å². The van der Waals surface area contributed by atoms with Crippen molar-refractivity contribution in [2.45, 2.75) is 39.8 Å². The second kappa shape index (κ2) is 3.35. The fourth-order valence-corrected chi connectivity index (χ4v) is 1.58. The van der Waals surface area contributed by atoms with E-state index in [0.29, 0.717) is 17.5 Å². The van der Waals surface area contributed by atoms with Crippen LogP contribution in [-0.4, -0.2) is 37.1 Å². The van der Waals surface area contributed by atoms with Crippen LogP contribution in [0.25, 0.3) is 0 Å². The van der Waals surface area contributed by atoms with Gasteiger partial charge >= 0.3 is 0 Å². The fraction of sp³-hybridized carbons (Fsp3) is 1.00. The average molecular weight is 170 g/mol. The first kappa shape index (κ1) is 10.0. The topological polar surface area (TPSA) is 15.3 Å². The molecule has 1 N–H and O–H groups in total. The van der Waals surface area contributed by atoms with E-state index in [0.717, 1.165) is 6.54 Å². The highest BCUT2D eigenvalue weighted by Gasteiger charge is 2.30. The van der Waals surface area contributed by atoms with Crippen LogP contribution in [0.3, 0.4) is 0 Å². The molecule has 1 rings (SSSR count). The van der Waals surface area contributed by atoms with Crippen molar-refractivity contribution in [3.63, 3.8) is 0 Å². The molecule has 1 fully saturated rings. The molecule has 0 aromatic heterocycles. The van der Waals surface area contributed by atoms with Crippen LogP contribution in [0.15, 0.2) is 0 Å². The third-order valence-corrected chi connectivity index (χ3v) is 2.93. The maximum atomic E-state index is 3.60. The Morgan fingerprint density at radius 2 is 1.92 bits per heavy atom. The van der Waals surface area contributed by atoms with Crippen molar-refractivity contribution < 1.29 is 0 Å². The van der Waals surface area contributed by atoms with Gasteiger partial charge in [-0.15, -0.1) is 0 Å². The predicted octanol–water partition coefficient (Wildman–Crippen LogP) is 1.32. The van der Waals surface area contributed by atoms with Gasteiger partial charge in [0.2, 0.25) is 0 Å². The predicted molar refractivity (Wildman–Crippen MR) is 53.3 cm³/mol. The summed E-state index contributed by atoms with van der Waals surface area (Å²) in [5, 5.41) is 3.60. The number of rotatable bonds is 0. The van der Waals surface area contributed by atoms with E-state index in [1.165, 1.54) is 6.54 Å². The van der Waals surface area contributed by atoms with Crippen LogP contribution in [0.1, 0.15) is 27.7 Å². The number of nitrogens with zero attached hydrogens (tertiary/aromatic N) is 1. The minimum atomic E-state index is 0.383. The molecule has 2 nitrogen and oxygen atoms in total. The zero-order valence-electron chi connectivity index (χ0n) is 9.02. The Morgan fingerprint density at radius 1 is 1.33 bits per heavy atom. The SMILES string of the molecule is CC1CNC(C(C)(C)C)CN1C. The first-order valence-electron chi connectivity index (χ1n) is 4.85. The zero-order valence-corrected chi connectivity index (χ0v) is 9.02. The Hall–Kier alpha value is -0.0800. The zero-order chi connectivity index (χ0) is 9.35. The molecule has 0 radical (unpaired) electrons. The number of piperazine rings is 1. The van der Waals surface area contributed by atoms with Gasteiger partial charge in [0.15, 0.2) is 0 Å². The molecule has 0 aromatic rings. The summed E-state index contributed by atoms with van der Waals surface area (Å²) in [7, 11) is 2.21. The van der Waals surface area contributed by atoms with Crippen LogP contribution >= 0.6 is 0 Å². The summed E-state index contributed by atoms with van der Waals surface area (Å²) in [5.41, 5.74) is 0.383. The van der Waals surface area contributed by atoms with Crippen molar-refractivity contribution in [3.05, 3.63) is 0 Å². The summed E-state index contributed by atoms with van der Waals surface area (Å²) >= 11 is 0. The maximum absolute atomic E-state index is 3.60. The van der Waals surface area contributed by atoms with Crippen molar-refractivity contribution in [3.8, 4) is 0 Å². The van der Waals surface area contributed by atoms with Crippen molar-refractivity contribution in [2.75, 3.05) is 20.1 Å². The normalized spacial score (nSPS) is 33.8. The molecule has 0 bridgehead atoms. The summed E-state index contributed by atoms with van der Waals surface area (Å²) in [6.45, 7) is 11.5. The molecule has 0 aliphatic carbocycles. The summed E-state index contributed by atoms with van der Waals surface area (Å²) < 4.78 is 0. The molecule has 0 spiro atoms. The van der Waals surface area contributed by atoms with E-state index in [2.05, 4.69) is 45.0 Å². The second-order valence-corrected chi connectivity index (χ2v) is 5.12. The van der Waals surface area contributed by atoms with Gasteiger partial charge in [0.25, 0.3) is 0 Å². The lowest BCUT2D eigenvalue weighted by Crippen LogP contribution is -2.58. The molecular weight excluding hydrogens is 148 g/mol. The molecule has 0 saturated carbocycles. The largest absolute Gasteiger partial charge is 0.311 e. The molecule has 2 atom stereocenters. The smallest absolute Gasteiger partial charge is 0.0244 e. The molecule has 0 amide bonds. The highest BCUT2D eigenvalue weighted by atomic mass is 15.2. The molecule has 1 heterocycles. The molecule has 72 valence electrons. The summed E-state index contributed by atoms with van der Waals surface area (Å²) in [4.78, 5) is 2.44. The Kier molecular flexibility index (Phi) is 2.79. The lowest BCUT2D eigenvalue weighted by atomic mass is 9.85. The van der Waals surface area contributed by atoms with Gasteiger partial charge in [0.1, 0.15) is 0 Å². The van der Waals surface area contributed by atoms with Crippen LogP contribution < -0.4 is 5.32 Å². The van der Waals surface area contributed by atoms with Crippen LogP contribution in [0, 0.1) is 5.41 Å². The van der Waals surface area contributed by atoms with E-state index in [1.807, 2.05) is 0 Å². The minimum Gasteiger partial charge on any atom is -0.311 e. The van der Waals surface area contributed by atoms with Gasteiger partial charge in [-0.2, -0.15) is 0 Å². The van der Waals surface area contributed by atoms with Crippen molar-refractivity contribution in [1.82, 2.24) is 10.2 Å². The van der Waals surface area contributed by atoms with Gasteiger partial charge in [-0.25, -0.2) is 0 Å². The quantitative estimate of drug-likeness (QED) is 0.590. The van der Waals surface area contributed by atoms with E-state index in [-0.39, 0.29) is 0 Å². The monoisotopic (exact) mass is 170 g/mol. The highest BCUT2D eigenvalue weighted by molar-refractivity contribution is 4.89. The van der Waals surface area contributed by atoms with Gasteiger partial charge in [-0.05, 0) is 19.4 Å². The molecule has 1 aliphatic rings. The molecule has 1 saturated heterocycles. The second-order valence-electron chi connectivity index (χ2n) is 5.12. The Bertz CT molecular complexity index is 148. The minimum absolute atomic E-state index is 0.383. The lowest BCUT2D eigenvalue weighted by Gasteiger charge is -2.42. The van der Waals surface area contributed by atoms with Gasteiger partial charge in [0.05, 0.1) is 0 Å². The molecule has 1 aliphatic heterocycles. The third-order valence-electron chi connectivity index (χ3n) is 2.93. The molecular formula is C10H22N2. The molecule has 0 aromatic carbocycles. The number of hydrogen-bond acceptors (Lipinski definition) is 2. The van der Waals surface area contributed by atoms with Crippen molar-refractivity contribution in [1.29, 1.82) is 0 Å². The van der Waals surface area contributed by atoms with Crippen LogP contribution in [0.2, 0.25) is 0 Å². The van der Waals surface area contributed by atoms with Gasteiger partial charge in [-0.3, -0.25) is 0 Å². The van der Waals surface area contributed by atoms with Crippen molar-refractivity contribution in [2.24, 2.45) is 5.41 Å². The third kappa shape index (κ3) is 2.20. The highest BCUT2D eigenvalue weighted by Crippen LogP contribution is 2.22. The summed E-state index contributed by atoms with van der Waals surface area (Å²) in [6.07, 6.45) is 0. The standard InChI is InChI=1S/C10H22N2/c1-8-6-11-9(7-12(8)5)10(2,3)4/h8-9,11H,6-7H2,1-5H3. The Morgan fingerprint density at radius 3 is 2.33 bits per heavy atom. The van der Waals surface area contributed by atoms with Crippen LogP contribution in [-0.2, 0) is 0 Å². The number of nitrogens with one attached hydrogen (secondary N) is 1. The summed E-state index contributed by atoms with van der Waals surface area (Å²) in [6, 6.07) is 1.32. The lowest BCUT2D eigenvalue weighted by molar-refractivity contribution is 0.117. The maximum Gasteiger partial charge on any atom is 0.0244 e. The average Bonchev–Trinajstić information content (AvgIpc) is 1.92. The van der Waals surface area contributed by atoms with E-state index in [4.69, 9.17) is 0 Å². The first-order chi connectivity index (χ1) is 5.41. The molecule has 2 heteroatoms. The molecule has 2 unspecified atom stereocenters. The first-order valence-corrected chi connectivity index (χ1v) is 4.85. The summed E-state index contributed by atoms with van der Waals surface area (Å²) in [5.74, 6) is 0. The van der Waals surface area contributed by atoms with Gasteiger partial charge in [-0.1, -0.05) is 20.8 Å². The Balaban J connectivity index is 2.51. The molecule has 12 heavy (non-hydrogen) atoms. The van der Waals surface area contributed by atoms with E-state index < -0.39 is 0 Å². The number of likely N-dealkylation sites (N-methyl/N-ethyl adjacent to an activating group) is 1. The van der Waals surface area contributed by atoms with Gasteiger partial charge < -0.3 is 10.2 Å². The van der Waals surface area contributed by atoms with Crippen LogP contribution in [0.4, 0.5) is 0 Å². The van der Waals surface area contributed by atoms with E-state index >= 15 is 0 Å².